The van der Waals surface area contributed by atoms with Crippen molar-refractivity contribution < 1.29 is 4.74 Å². The van der Waals surface area contributed by atoms with Crippen molar-refractivity contribution in [3.8, 4) is 0 Å². The third-order valence-electron chi connectivity index (χ3n) is 6.56. The van der Waals surface area contributed by atoms with Gasteiger partial charge in [-0.15, -0.1) is 16.5 Å². The van der Waals surface area contributed by atoms with Gasteiger partial charge in [-0.25, -0.2) is 0 Å². The number of rotatable bonds is 6. The van der Waals surface area contributed by atoms with Crippen LogP contribution in [0, 0.1) is 0 Å². The molecule has 0 atom stereocenters. The molecule has 0 amide bonds. The Morgan fingerprint density at radius 2 is 2.07 bits per heavy atom. The third-order valence-corrected chi connectivity index (χ3v) is 9.13. The van der Waals surface area contributed by atoms with Gasteiger partial charge in [-0.1, -0.05) is 6.92 Å². The summed E-state index contributed by atoms with van der Waals surface area (Å²) in [5, 5.41) is 4.42. The number of hydrogen-bond donors (Lipinski definition) is 1. The van der Waals surface area contributed by atoms with Crippen molar-refractivity contribution in [1.82, 2.24) is 20.5 Å². The van der Waals surface area contributed by atoms with E-state index in [1.165, 1.54) is 16.1 Å². The number of thiophene rings is 1. The second-order valence-electron chi connectivity index (χ2n) is 9.12. The second kappa shape index (κ2) is 8.42. The van der Waals surface area contributed by atoms with Gasteiger partial charge < -0.3 is 10.2 Å². The molecule has 0 aromatic carbocycles. The minimum absolute atomic E-state index is 0.0311. The van der Waals surface area contributed by atoms with Crippen molar-refractivity contribution in [2.24, 2.45) is 0 Å². The number of thioether (sulfide) groups is 1. The van der Waals surface area contributed by atoms with Gasteiger partial charge in [0.2, 0.25) is 0 Å². The molecule has 4 rings (SSSR count). The highest BCUT2D eigenvalue weighted by Gasteiger charge is 2.42. The molecule has 162 valence electrons. The summed E-state index contributed by atoms with van der Waals surface area (Å²) >= 11 is 3.93. The number of hydrogen-bond acceptors (Lipinski definition) is 7. The van der Waals surface area contributed by atoms with E-state index in [4.69, 9.17) is 4.74 Å². The molecule has 29 heavy (non-hydrogen) atoms. The summed E-state index contributed by atoms with van der Waals surface area (Å²) in [5.41, 5.74) is 6.30. The van der Waals surface area contributed by atoms with E-state index in [9.17, 15) is 0 Å². The molecule has 0 saturated carbocycles. The summed E-state index contributed by atoms with van der Waals surface area (Å²) in [7, 11) is 2.10. The topological polar surface area (TPSA) is 31.0 Å². The van der Waals surface area contributed by atoms with Crippen LogP contribution < -0.4 is 5.43 Å². The molecule has 0 bridgehead atoms. The molecule has 5 nitrogen and oxygen atoms in total. The number of nitrogens with one attached hydrogen (secondary N) is 1. The summed E-state index contributed by atoms with van der Waals surface area (Å²) in [5.74, 6) is 0. The second-order valence-corrected chi connectivity index (χ2v) is 11.9. The van der Waals surface area contributed by atoms with Crippen LogP contribution in [0.3, 0.4) is 0 Å². The van der Waals surface area contributed by atoms with Crippen molar-refractivity contribution >= 4 is 23.1 Å². The van der Waals surface area contributed by atoms with Crippen molar-refractivity contribution in [3.05, 3.63) is 33.3 Å². The molecule has 0 radical (unpaired) electrons. The first-order valence-electron chi connectivity index (χ1n) is 10.9. The van der Waals surface area contributed by atoms with Crippen LogP contribution in [0.15, 0.2) is 18.0 Å². The molecule has 1 spiro atoms. The van der Waals surface area contributed by atoms with Gasteiger partial charge in [0, 0.05) is 60.3 Å². The summed E-state index contributed by atoms with van der Waals surface area (Å²) in [6.45, 7) is 11.9. The lowest BCUT2D eigenvalue weighted by Crippen LogP contribution is -2.48. The van der Waals surface area contributed by atoms with E-state index < -0.39 is 0 Å². The Morgan fingerprint density at radius 3 is 2.76 bits per heavy atom. The van der Waals surface area contributed by atoms with Gasteiger partial charge in [0.15, 0.2) is 0 Å². The monoisotopic (exact) mass is 436 g/mol. The number of piperidine rings is 1. The molecule has 1 aromatic rings. The summed E-state index contributed by atoms with van der Waals surface area (Å²) in [6.07, 6.45) is 8.91. The fraction of sp³-hybridized carbons (Fsp3) is 0.727. The lowest BCUT2D eigenvalue weighted by atomic mass is 9.82. The van der Waals surface area contributed by atoms with E-state index in [2.05, 4.69) is 66.8 Å². The third kappa shape index (κ3) is 4.49. The predicted octanol–water partition coefficient (Wildman–Crippen LogP) is 3.82. The highest BCUT2D eigenvalue weighted by atomic mass is 32.2. The molecule has 7 heteroatoms. The first-order valence-corrected chi connectivity index (χ1v) is 12.9. The lowest BCUT2D eigenvalue weighted by molar-refractivity contribution is -0.0963. The maximum absolute atomic E-state index is 6.44. The van der Waals surface area contributed by atoms with E-state index in [1.807, 2.05) is 23.1 Å². The van der Waals surface area contributed by atoms with Crippen LogP contribution in [0.4, 0.5) is 0 Å². The zero-order valence-electron chi connectivity index (χ0n) is 18.6. The SMILES string of the molecule is CCc1cc2c(s1)CCOC21CCN(CC2=CN(CC(C)(C)SC)N(C)N2)CC1. The fourth-order valence-corrected chi connectivity index (χ4v) is 6.06. The van der Waals surface area contributed by atoms with E-state index in [-0.39, 0.29) is 10.3 Å². The molecule has 4 heterocycles. The van der Waals surface area contributed by atoms with Crippen molar-refractivity contribution in [2.45, 2.75) is 56.8 Å². The zero-order valence-corrected chi connectivity index (χ0v) is 20.2. The van der Waals surface area contributed by atoms with Crippen LogP contribution in [0.1, 0.15) is 48.9 Å². The smallest absolute Gasteiger partial charge is 0.0966 e. The minimum Gasteiger partial charge on any atom is -0.370 e. The van der Waals surface area contributed by atoms with Crippen LogP contribution in [0.25, 0.3) is 0 Å². The summed E-state index contributed by atoms with van der Waals surface area (Å²) < 4.78 is 6.67. The molecule has 1 aromatic heterocycles. The van der Waals surface area contributed by atoms with Crippen molar-refractivity contribution in [3.63, 3.8) is 0 Å². The number of hydrazine groups is 2. The van der Waals surface area contributed by atoms with Crippen LogP contribution in [0.5, 0.6) is 0 Å². The molecule has 1 saturated heterocycles. The summed E-state index contributed by atoms with van der Waals surface area (Å²) in [6, 6.07) is 2.44. The van der Waals surface area contributed by atoms with Gasteiger partial charge in [0.25, 0.3) is 0 Å². The Kier molecular flexibility index (Phi) is 6.24. The normalized spacial score (nSPS) is 22.7. The van der Waals surface area contributed by atoms with Gasteiger partial charge in [0.1, 0.15) is 0 Å². The Morgan fingerprint density at radius 1 is 1.31 bits per heavy atom. The number of fused-ring (bicyclic) bond motifs is 2. The molecule has 3 aliphatic heterocycles. The standard InChI is InChI=1S/C22H36N4OS2/c1-6-18-13-19-20(29-18)7-12-27-22(19)8-10-25(11-9-22)14-17-15-26(24(4)23-17)16-21(2,3)28-5/h13,15,23H,6-12,14,16H2,1-5H3. The van der Waals surface area contributed by atoms with E-state index in [1.54, 1.807) is 4.88 Å². The molecule has 0 aliphatic carbocycles. The van der Waals surface area contributed by atoms with Gasteiger partial charge in [-0.2, -0.15) is 11.8 Å². The lowest BCUT2D eigenvalue weighted by Gasteiger charge is -2.44. The molecule has 0 unspecified atom stereocenters. The maximum Gasteiger partial charge on any atom is 0.0966 e. The van der Waals surface area contributed by atoms with Gasteiger partial charge >= 0.3 is 0 Å². The summed E-state index contributed by atoms with van der Waals surface area (Å²) in [4.78, 5) is 5.67. The van der Waals surface area contributed by atoms with Crippen LogP contribution in [0.2, 0.25) is 0 Å². The molecule has 1 N–H and O–H groups in total. The number of likely N-dealkylation sites (tertiary alicyclic amines) is 1. The maximum atomic E-state index is 6.44. The average molecular weight is 437 g/mol. The van der Waals surface area contributed by atoms with Gasteiger partial charge in [0.05, 0.1) is 17.9 Å². The number of nitrogens with zero attached hydrogens (tertiary/aromatic N) is 3. The van der Waals surface area contributed by atoms with Crippen molar-refractivity contribution in [1.29, 1.82) is 0 Å². The van der Waals surface area contributed by atoms with Crippen LogP contribution in [-0.2, 0) is 23.2 Å². The Hall–Kier alpha value is -0.730. The van der Waals surface area contributed by atoms with Crippen molar-refractivity contribution in [2.75, 3.05) is 46.1 Å². The molecular weight excluding hydrogens is 400 g/mol. The first-order chi connectivity index (χ1) is 13.8. The minimum atomic E-state index is -0.0311. The Bertz CT molecular complexity index is 752. The molecule has 3 aliphatic rings. The predicted molar refractivity (Wildman–Crippen MR) is 124 cm³/mol. The highest BCUT2D eigenvalue weighted by molar-refractivity contribution is 7.99. The van der Waals surface area contributed by atoms with E-state index in [0.717, 1.165) is 58.5 Å². The quantitative estimate of drug-likeness (QED) is 0.730. The molecular formula is C22H36N4OS2. The highest BCUT2D eigenvalue weighted by Crippen LogP contribution is 2.44. The number of ether oxygens (including phenoxy) is 1. The fourth-order valence-electron chi connectivity index (χ4n) is 4.62. The van der Waals surface area contributed by atoms with Gasteiger partial charge in [-0.3, -0.25) is 9.91 Å². The van der Waals surface area contributed by atoms with E-state index >= 15 is 0 Å². The van der Waals surface area contributed by atoms with Crippen LogP contribution in [-0.4, -0.2) is 65.9 Å². The first kappa shape index (κ1) is 21.5. The average Bonchev–Trinajstić information content (AvgIpc) is 3.28. The molecule has 1 fully saturated rings. The van der Waals surface area contributed by atoms with E-state index in [0.29, 0.717) is 0 Å². The van der Waals surface area contributed by atoms with Crippen LogP contribution >= 0.6 is 23.1 Å². The zero-order chi connectivity index (χ0) is 20.6. The Labute approximate surface area is 184 Å². The largest absolute Gasteiger partial charge is 0.370 e. The Balaban J connectivity index is 1.37. The number of aryl methyl sites for hydroxylation is 1. The van der Waals surface area contributed by atoms with Gasteiger partial charge in [-0.05, 0) is 51.0 Å².